The maximum Gasteiger partial charge on any atom is 0.316 e. The van der Waals surface area contributed by atoms with Crippen molar-refractivity contribution in [1.29, 1.82) is 0 Å². The Morgan fingerprint density at radius 3 is 2.85 bits per heavy atom. The standard InChI is InChI=1S/C9H12N2O2/c1-2-11-7-5-3-4-6(7)10-8(12)9(11)13/h2-5H2,1H3,(H,10,12). The van der Waals surface area contributed by atoms with Crippen LogP contribution in [-0.2, 0) is 19.4 Å². The number of aromatic amines is 1. The van der Waals surface area contributed by atoms with Crippen molar-refractivity contribution in [3.63, 3.8) is 0 Å². The van der Waals surface area contributed by atoms with E-state index in [0.29, 0.717) is 6.54 Å². The first-order valence-electron chi connectivity index (χ1n) is 4.59. The molecule has 1 N–H and O–H groups in total. The molecular formula is C9H12N2O2. The Hall–Kier alpha value is -1.32. The lowest BCUT2D eigenvalue weighted by Gasteiger charge is -2.07. The van der Waals surface area contributed by atoms with E-state index >= 15 is 0 Å². The molecule has 4 nitrogen and oxygen atoms in total. The van der Waals surface area contributed by atoms with E-state index < -0.39 is 11.1 Å². The smallest absolute Gasteiger partial charge is 0.316 e. The number of hydrogen-bond donors (Lipinski definition) is 1. The highest BCUT2D eigenvalue weighted by Gasteiger charge is 2.17. The molecule has 0 fully saturated rings. The quantitative estimate of drug-likeness (QED) is 0.620. The lowest BCUT2D eigenvalue weighted by Crippen LogP contribution is -2.38. The first-order chi connectivity index (χ1) is 6.24. The summed E-state index contributed by atoms with van der Waals surface area (Å²) in [6.07, 6.45) is 2.84. The van der Waals surface area contributed by atoms with Gasteiger partial charge in [0.2, 0.25) is 0 Å². The van der Waals surface area contributed by atoms with Gasteiger partial charge in [-0.2, -0.15) is 0 Å². The van der Waals surface area contributed by atoms with Crippen LogP contribution in [0.5, 0.6) is 0 Å². The number of H-pyrrole nitrogens is 1. The maximum atomic E-state index is 11.4. The Balaban J connectivity index is 2.79. The highest BCUT2D eigenvalue weighted by atomic mass is 16.2. The minimum atomic E-state index is -0.484. The topological polar surface area (TPSA) is 54.9 Å². The minimum absolute atomic E-state index is 0.414. The number of aryl methyl sites for hydroxylation is 1. The van der Waals surface area contributed by atoms with Gasteiger partial charge in [0, 0.05) is 17.9 Å². The monoisotopic (exact) mass is 180 g/mol. The molecule has 4 heteroatoms. The van der Waals surface area contributed by atoms with Crippen molar-refractivity contribution in [2.75, 3.05) is 0 Å². The van der Waals surface area contributed by atoms with Crippen LogP contribution >= 0.6 is 0 Å². The summed E-state index contributed by atoms with van der Waals surface area (Å²) < 4.78 is 1.58. The van der Waals surface area contributed by atoms with Crippen LogP contribution in [0.3, 0.4) is 0 Å². The van der Waals surface area contributed by atoms with Crippen LogP contribution in [0.2, 0.25) is 0 Å². The normalized spacial score (nSPS) is 14.5. The molecule has 13 heavy (non-hydrogen) atoms. The summed E-state index contributed by atoms with van der Waals surface area (Å²) in [5, 5.41) is 0. The summed E-state index contributed by atoms with van der Waals surface area (Å²) in [6.45, 7) is 2.48. The molecule has 0 saturated heterocycles. The van der Waals surface area contributed by atoms with Gasteiger partial charge in [-0.25, -0.2) is 0 Å². The lowest BCUT2D eigenvalue weighted by molar-refractivity contribution is 0.665. The predicted octanol–water partition coefficient (Wildman–Crippen LogP) is 0.0452. The van der Waals surface area contributed by atoms with Crippen LogP contribution in [0.25, 0.3) is 0 Å². The Morgan fingerprint density at radius 2 is 2.15 bits per heavy atom. The molecule has 0 atom stereocenters. The zero-order chi connectivity index (χ0) is 9.42. The molecule has 2 rings (SSSR count). The van der Waals surface area contributed by atoms with Gasteiger partial charge in [-0.05, 0) is 26.2 Å². The summed E-state index contributed by atoms with van der Waals surface area (Å²) in [6, 6.07) is 0. The number of aromatic nitrogens is 2. The van der Waals surface area contributed by atoms with Crippen molar-refractivity contribution in [3.05, 3.63) is 32.1 Å². The van der Waals surface area contributed by atoms with E-state index in [1.165, 1.54) is 0 Å². The fourth-order valence-corrected chi connectivity index (χ4v) is 1.93. The lowest BCUT2D eigenvalue weighted by atomic mass is 10.3. The van der Waals surface area contributed by atoms with Crippen molar-refractivity contribution < 1.29 is 0 Å². The van der Waals surface area contributed by atoms with Gasteiger partial charge >= 0.3 is 11.1 Å². The zero-order valence-corrected chi connectivity index (χ0v) is 7.59. The van der Waals surface area contributed by atoms with Crippen LogP contribution in [-0.4, -0.2) is 9.55 Å². The molecule has 0 unspecified atom stereocenters. The van der Waals surface area contributed by atoms with Gasteiger partial charge in [0.25, 0.3) is 0 Å². The molecule has 0 aromatic carbocycles. The summed E-state index contributed by atoms with van der Waals surface area (Å²) in [5.74, 6) is 0. The summed E-state index contributed by atoms with van der Waals surface area (Å²) in [7, 11) is 0. The third-order valence-corrected chi connectivity index (χ3v) is 2.53. The van der Waals surface area contributed by atoms with E-state index in [1.54, 1.807) is 4.57 Å². The van der Waals surface area contributed by atoms with E-state index in [0.717, 1.165) is 30.7 Å². The van der Waals surface area contributed by atoms with Crippen LogP contribution in [0, 0.1) is 0 Å². The van der Waals surface area contributed by atoms with Gasteiger partial charge < -0.3 is 9.55 Å². The Labute approximate surface area is 75.2 Å². The molecule has 1 aromatic heterocycles. The third kappa shape index (κ3) is 1.13. The average molecular weight is 180 g/mol. The first-order valence-corrected chi connectivity index (χ1v) is 4.59. The molecule has 0 aliphatic heterocycles. The molecule has 70 valence electrons. The number of nitrogens with zero attached hydrogens (tertiary/aromatic N) is 1. The molecular weight excluding hydrogens is 168 g/mol. The third-order valence-electron chi connectivity index (χ3n) is 2.53. The molecule has 1 aromatic rings. The fraction of sp³-hybridized carbons (Fsp3) is 0.556. The Bertz CT molecular complexity index is 442. The summed E-state index contributed by atoms with van der Waals surface area (Å²) in [4.78, 5) is 25.2. The zero-order valence-electron chi connectivity index (χ0n) is 7.59. The average Bonchev–Trinajstić information content (AvgIpc) is 2.54. The van der Waals surface area contributed by atoms with E-state index in [1.807, 2.05) is 6.92 Å². The number of hydrogen-bond acceptors (Lipinski definition) is 2. The first kappa shape index (κ1) is 8.29. The summed E-state index contributed by atoms with van der Waals surface area (Å²) >= 11 is 0. The van der Waals surface area contributed by atoms with Gasteiger partial charge in [-0.3, -0.25) is 9.59 Å². The van der Waals surface area contributed by atoms with Crippen LogP contribution < -0.4 is 11.1 Å². The molecule has 0 amide bonds. The molecule has 0 radical (unpaired) electrons. The number of rotatable bonds is 1. The second-order valence-corrected chi connectivity index (χ2v) is 3.28. The van der Waals surface area contributed by atoms with E-state index in [-0.39, 0.29) is 0 Å². The highest BCUT2D eigenvalue weighted by molar-refractivity contribution is 5.18. The Kier molecular flexibility index (Phi) is 1.83. The van der Waals surface area contributed by atoms with Crippen molar-refractivity contribution in [2.24, 2.45) is 0 Å². The molecule has 0 saturated carbocycles. The number of fused-ring (bicyclic) bond motifs is 1. The largest absolute Gasteiger partial charge is 0.320 e. The van der Waals surface area contributed by atoms with Gasteiger partial charge in [0.15, 0.2) is 0 Å². The maximum absolute atomic E-state index is 11.4. The molecule has 1 heterocycles. The van der Waals surface area contributed by atoms with Crippen LogP contribution in [0.15, 0.2) is 9.59 Å². The second kappa shape index (κ2) is 2.87. The van der Waals surface area contributed by atoms with Crippen LogP contribution in [0.4, 0.5) is 0 Å². The van der Waals surface area contributed by atoms with Crippen LogP contribution in [0.1, 0.15) is 24.7 Å². The van der Waals surface area contributed by atoms with Gasteiger partial charge in [0.05, 0.1) is 0 Å². The second-order valence-electron chi connectivity index (χ2n) is 3.28. The van der Waals surface area contributed by atoms with E-state index in [4.69, 9.17) is 0 Å². The fourth-order valence-electron chi connectivity index (χ4n) is 1.93. The van der Waals surface area contributed by atoms with Crippen molar-refractivity contribution >= 4 is 0 Å². The van der Waals surface area contributed by atoms with E-state index in [2.05, 4.69) is 4.98 Å². The van der Waals surface area contributed by atoms with E-state index in [9.17, 15) is 9.59 Å². The number of nitrogens with one attached hydrogen (secondary N) is 1. The SMILES string of the molecule is CCn1c2c([nH]c(=O)c1=O)CCC2. The minimum Gasteiger partial charge on any atom is -0.320 e. The highest BCUT2D eigenvalue weighted by Crippen LogP contribution is 2.16. The molecule has 0 spiro atoms. The van der Waals surface area contributed by atoms with Crippen molar-refractivity contribution in [2.45, 2.75) is 32.7 Å². The predicted molar refractivity (Wildman–Crippen MR) is 49.0 cm³/mol. The molecule has 1 aliphatic carbocycles. The van der Waals surface area contributed by atoms with Crippen molar-refractivity contribution in [3.8, 4) is 0 Å². The summed E-state index contributed by atoms with van der Waals surface area (Å²) in [5.41, 5.74) is 1.07. The van der Waals surface area contributed by atoms with Crippen molar-refractivity contribution in [1.82, 2.24) is 9.55 Å². The Morgan fingerprint density at radius 1 is 1.38 bits per heavy atom. The van der Waals surface area contributed by atoms with Gasteiger partial charge in [-0.15, -0.1) is 0 Å². The molecule has 1 aliphatic rings. The van der Waals surface area contributed by atoms with Gasteiger partial charge in [0.1, 0.15) is 0 Å². The van der Waals surface area contributed by atoms with Gasteiger partial charge in [-0.1, -0.05) is 0 Å². The molecule has 0 bridgehead atoms.